The molecule has 0 spiro atoms. The van der Waals surface area contributed by atoms with E-state index >= 15 is 0 Å². The van der Waals surface area contributed by atoms with Crippen molar-refractivity contribution < 1.29 is 9.53 Å². The van der Waals surface area contributed by atoms with E-state index < -0.39 is 0 Å². The normalized spacial score (nSPS) is 18.1. The summed E-state index contributed by atoms with van der Waals surface area (Å²) in [6, 6.07) is 9.83. The van der Waals surface area contributed by atoms with Crippen molar-refractivity contribution in [3.63, 3.8) is 0 Å². The van der Waals surface area contributed by atoms with Crippen molar-refractivity contribution in [3.8, 4) is 0 Å². The number of nitrogens with one attached hydrogen (secondary N) is 2. The van der Waals surface area contributed by atoms with E-state index in [1.807, 2.05) is 42.2 Å². The SMILES string of the molecule is CCC(COC)NC(=O)N1CCc2[nH]cnc2C1c1ccccc1. The first-order valence-corrected chi connectivity index (χ1v) is 8.37. The number of benzene rings is 1. The molecule has 2 N–H and O–H groups in total. The summed E-state index contributed by atoms with van der Waals surface area (Å²) in [5, 5.41) is 3.08. The predicted molar refractivity (Wildman–Crippen MR) is 91.8 cm³/mol. The number of aromatic nitrogens is 2. The van der Waals surface area contributed by atoms with Gasteiger partial charge in [0, 0.05) is 25.8 Å². The summed E-state index contributed by atoms with van der Waals surface area (Å²) in [6.45, 7) is 3.21. The number of imidazole rings is 1. The Bertz CT molecular complexity index is 671. The largest absolute Gasteiger partial charge is 0.383 e. The molecule has 1 aromatic carbocycles. The Morgan fingerprint density at radius 3 is 2.96 bits per heavy atom. The number of H-pyrrole nitrogens is 1. The van der Waals surface area contributed by atoms with Gasteiger partial charge in [-0.15, -0.1) is 0 Å². The Morgan fingerprint density at radius 2 is 2.25 bits per heavy atom. The standard InChI is InChI=1S/C18H24N4O2/c1-3-14(11-24-2)21-18(23)22-10-9-15-16(20-12-19-15)17(22)13-7-5-4-6-8-13/h4-8,12,14,17H,3,9-11H2,1-2H3,(H,19,20)(H,21,23). The fourth-order valence-electron chi connectivity index (χ4n) is 3.19. The molecule has 2 atom stereocenters. The molecule has 2 amide bonds. The lowest BCUT2D eigenvalue weighted by atomic mass is 9.96. The summed E-state index contributed by atoms with van der Waals surface area (Å²) in [4.78, 5) is 22.4. The molecule has 2 unspecified atom stereocenters. The number of carbonyl (C=O) groups is 1. The number of aromatic amines is 1. The van der Waals surface area contributed by atoms with E-state index in [1.165, 1.54) is 0 Å². The van der Waals surface area contributed by atoms with Crippen LogP contribution < -0.4 is 5.32 Å². The summed E-state index contributed by atoms with van der Waals surface area (Å²) in [5.74, 6) is 0. The summed E-state index contributed by atoms with van der Waals surface area (Å²) in [7, 11) is 1.65. The van der Waals surface area contributed by atoms with Crippen LogP contribution in [0.4, 0.5) is 4.79 Å². The molecule has 0 radical (unpaired) electrons. The van der Waals surface area contributed by atoms with Gasteiger partial charge in [0.15, 0.2) is 0 Å². The number of hydrogen-bond donors (Lipinski definition) is 2. The van der Waals surface area contributed by atoms with Crippen LogP contribution in [0.1, 0.15) is 36.3 Å². The van der Waals surface area contributed by atoms with Gasteiger partial charge in [-0.3, -0.25) is 0 Å². The van der Waals surface area contributed by atoms with Gasteiger partial charge in [0.1, 0.15) is 6.04 Å². The van der Waals surface area contributed by atoms with E-state index in [1.54, 1.807) is 13.4 Å². The smallest absolute Gasteiger partial charge is 0.318 e. The first-order chi connectivity index (χ1) is 11.7. The minimum absolute atomic E-state index is 0.0134. The predicted octanol–water partition coefficient (Wildman–Crippen LogP) is 2.49. The molecule has 0 saturated carbocycles. The molecular weight excluding hydrogens is 304 g/mol. The second-order valence-electron chi connectivity index (χ2n) is 6.03. The van der Waals surface area contributed by atoms with Crippen LogP contribution >= 0.6 is 0 Å². The van der Waals surface area contributed by atoms with Crippen LogP contribution in [0.3, 0.4) is 0 Å². The third-order valence-corrected chi connectivity index (χ3v) is 4.49. The van der Waals surface area contributed by atoms with Gasteiger partial charge >= 0.3 is 6.03 Å². The molecule has 0 aliphatic carbocycles. The molecular formula is C18H24N4O2. The van der Waals surface area contributed by atoms with Crippen molar-refractivity contribution in [2.24, 2.45) is 0 Å². The van der Waals surface area contributed by atoms with E-state index in [0.29, 0.717) is 13.2 Å². The molecule has 24 heavy (non-hydrogen) atoms. The zero-order valence-electron chi connectivity index (χ0n) is 14.2. The number of hydrogen-bond acceptors (Lipinski definition) is 3. The van der Waals surface area contributed by atoms with Gasteiger partial charge in [0.2, 0.25) is 0 Å². The first kappa shape index (κ1) is 16.5. The van der Waals surface area contributed by atoms with Crippen LogP contribution in [0, 0.1) is 0 Å². The van der Waals surface area contributed by atoms with E-state index in [2.05, 4.69) is 15.3 Å². The highest BCUT2D eigenvalue weighted by atomic mass is 16.5. The molecule has 0 saturated heterocycles. The molecule has 6 heteroatoms. The molecule has 6 nitrogen and oxygen atoms in total. The highest BCUT2D eigenvalue weighted by molar-refractivity contribution is 5.76. The van der Waals surface area contributed by atoms with Crippen molar-refractivity contribution in [2.45, 2.75) is 31.8 Å². The van der Waals surface area contributed by atoms with Crippen LogP contribution in [0.25, 0.3) is 0 Å². The summed E-state index contributed by atoms with van der Waals surface area (Å²) < 4.78 is 5.19. The second-order valence-corrected chi connectivity index (χ2v) is 6.03. The lowest BCUT2D eigenvalue weighted by Gasteiger charge is -2.36. The molecule has 0 bridgehead atoms. The van der Waals surface area contributed by atoms with Gasteiger partial charge in [-0.2, -0.15) is 0 Å². The molecule has 1 aromatic heterocycles. The van der Waals surface area contributed by atoms with E-state index in [9.17, 15) is 4.79 Å². The van der Waals surface area contributed by atoms with Crippen LogP contribution in [-0.4, -0.2) is 47.2 Å². The van der Waals surface area contributed by atoms with Crippen LogP contribution in [-0.2, 0) is 11.2 Å². The zero-order chi connectivity index (χ0) is 16.9. The molecule has 2 aromatic rings. The topological polar surface area (TPSA) is 70.2 Å². The number of methoxy groups -OCH3 is 1. The third kappa shape index (κ3) is 3.28. The molecule has 1 aliphatic rings. The van der Waals surface area contributed by atoms with Gasteiger partial charge in [-0.1, -0.05) is 37.3 Å². The average molecular weight is 328 g/mol. The number of nitrogens with zero attached hydrogens (tertiary/aromatic N) is 2. The molecule has 2 heterocycles. The summed E-state index contributed by atoms with van der Waals surface area (Å²) in [5.41, 5.74) is 3.11. The number of urea groups is 1. The molecule has 1 aliphatic heterocycles. The molecule has 3 rings (SSSR count). The number of amides is 2. The fourth-order valence-corrected chi connectivity index (χ4v) is 3.19. The molecule has 128 valence electrons. The second kappa shape index (κ2) is 7.49. The monoisotopic (exact) mass is 328 g/mol. The van der Waals surface area contributed by atoms with Crippen LogP contribution in [0.15, 0.2) is 36.7 Å². The lowest BCUT2D eigenvalue weighted by molar-refractivity contribution is 0.145. The van der Waals surface area contributed by atoms with Gasteiger partial charge in [0.05, 0.1) is 24.7 Å². The Labute approximate surface area is 142 Å². The van der Waals surface area contributed by atoms with Crippen molar-refractivity contribution in [2.75, 3.05) is 20.3 Å². The minimum Gasteiger partial charge on any atom is -0.383 e. The molecule has 0 fully saturated rings. The summed E-state index contributed by atoms with van der Waals surface area (Å²) in [6.07, 6.45) is 3.33. The number of rotatable bonds is 5. The van der Waals surface area contributed by atoms with E-state index in [0.717, 1.165) is 29.8 Å². The maximum atomic E-state index is 12.9. The maximum Gasteiger partial charge on any atom is 0.318 e. The van der Waals surface area contributed by atoms with Crippen molar-refractivity contribution >= 4 is 6.03 Å². The Balaban J connectivity index is 1.87. The van der Waals surface area contributed by atoms with E-state index in [-0.39, 0.29) is 18.1 Å². The van der Waals surface area contributed by atoms with Gasteiger partial charge in [-0.25, -0.2) is 9.78 Å². The summed E-state index contributed by atoms with van der Waals surface area (Å²) >= 11 is 0. The van der Waals surface area contributed by atoms with Crippen LogP contribution in [0.5, 0.6) is 0 Å². The Hall–Kier alpha value is -2.34. The zero-order valence-corrected chi connectivity index (χ0v) is 14.2. The number of carbonyl (C=O) groups excluding carboxylic acids is 1. The van der Waals surface area contributed by atoms with Gasteiger partial charge in [0.25, 0.3) is 0 Å². The average Bonchev–Trinajstić information content (AvgIpc) is 3.09. The van der Waals surface area contributed by atoms with Crippen molar-refractivity contribution in [3.05, 3.63) is 53.6 Å². The lowest BCUT2D eigenvalue weighted by Crippen LogP contribution is -2.50. The number of ether oxygens (including phenoxy) is 1. The van der Waals surface area contributed by atoms with E-state index in [4.69, 9.17) is 4.74 Å². The number of fused-ring (bicyclic) bond motifs is 1. The first-order valence-electron chi connectivity index (χ1n) is 8.37. The van der Waals surface area contributed by atoms with Gasteiger partial charge < -0.3 is 19.9 Å². The van der Waals surface area contributed by atoms with Crippen molar-refractivity contribution in [1.82, 2.24) is 20.2 Å². The fraction of sp³-hybridized carbons (Fsp3) is 0.444. The maximum absolute atomic E-state index is 12.9. The minimum atomic E-state index is -0.166. The highest BCUT2D eigenvalue weighted by Gasteiger charge is 2.34. The Kier molecular flexibility index (Phi) is 5.15. The highest BCUT2D eigenvalue weighted by Crippen LogP contribution is 2.33. The third-order valence-electron chi connectivity index (χ3n) is 4.49. The van der Waals surface area contributed by atoms with Crippen molar-refractivity contribution in [1.29, 1.82) is 0 Å². The quantitative estimate of drug-likeness (QED) is 0.886. The Morgan fingerprint density at radius 1 is 1.46 bits per heavy atom. The van der Waals surface area contributed by atoms with Gasteiger partial charge in [-0.05, 0) is 12.0 Å². The van der Waals surface area contributed by atoms with Crippen LogP contribution in [0.2, 0.25) is 0 Å².